The highest BCUT2D eigenvalue weighted by Gasteiger charge is 2.35. The van der Waals surface area contributed by atoms with Crippen molar-refractivity contribution in [3.05, 3.63) is 137 Å². The van der Waals surface area contributed by atoms with E-state index >= 15 is 0 Å². The van der Waals surface area contributed by atoms with Crippen molar-refractivity contribution in [1.29, 1.82) is 0 Å². The molecule has 0 bridgehead atoms. The molecular formula is C35H36O5. The van der Waals surface area contributed by atoms with Crippen molar-refractivity contribution < 1.29 is 23.7 Å². The number of ketones is 1. The van der Waals surface area contributed by atoms with Gasteiger partial charge < -0.3 is 18.9 Å². The molecule has 0 spiro atoms. The van der Waals surface area contributed by atoms with E-state index in [9.17, 15) is 4.79 Å². The van der Waals surface area contributed by atoms with Crippen molar-refractivity contribution in [1.82, 2.24) is 0 Å². The molecule has 4 aromatic rings. The van der Waals surface area contributed by atoms with Gasteiger partial charge in [0.25, 0.3) is 0 Å². The Balaban J connectivity index is 1.29. The van der Waals surface area contributed by atoms with Crippen LogP contribution < -0.4 is 4.74 Å². The summed E-state index contributed by atoms with van der Waals surface area (Å²) < 4.78 is 24.0. The predicted molar refractivity (Wildman–Crippen MR) is 156 cm³/mol. The molecular weight excluding hydrogens is 500 g/mol. The molecule has 0 saturated carbocycles. The Hall–Kier alpha value is -3.77. The summed E-state index contributed by atoms with van der Waals surface area (Å²) in [5.74, 6) is 0.802. The minimum absolute atomic E-state index is 0.00909. The minimum Gasteiger partial charge on any atom is -0.497 e. The summed E-state index contributed by atoms with van der Waals surface area (Å²) in [5.41, 5.74) is 5.00. The number of carbonyl (C=O) groups is 1. The molecule has 0 N–H and O–H groups in total. The van der Waals surface area contributed by atoms with Gasteiger partial charge in [-0.2, -0.15) is 0 Å². The molecule has 1 unspecified atom stereocenters. The van der Waals surface area contributed by atoms with Gasteiger partial charge in [0.05, 0.1) is 39.1 Å². The Labute approximate surface area is 236 Å². The fraction of sp³-hybridized carbons (Fsp3) is 0.286. The van der Waals surface area contributed by atoms with Crippen LogP contribution in [-0.2, 0) is 33.8 Å². The molecule has 5 nitrogen and oxygen atoms in total. The molecule has 206 valence electrons. The number of ether oxygens (including phenoxy) is 4. The van der Waals surface area contributed by atoms with E-state index in [0.717, 1.165) is 28.0 Å². The van der Waals surface area contributed by atoms with Gasteiger partial charge in [0, 0.05) is 18.4 Å². The second-order valence-corrected chi connectivity index (χ2v) is 10.2. The number of hydrogen-bond acceptors (Lipinski definition) is 5. The second-order valence-electron chi connectivity index (χ2n) is 10.2. The number of methoxy groups -OCH3 is 1. The van der Waals surface area contributed by atoms with Crippen LogP contribution in [0.25, 0.3) is 0 Å². The predicted octanol–water partition coefficient (Wildman–Crippen LogP) is 6.82. The second kappa shape index (κ2) is 14.0. The SMILES string of the molecule is COc1ccc(Cc2ccccc2C(=O)[C@H]2CC(OCc3ccccc3)C[C@@H](COCc3ccccc3)O2)cc1. The molecule has 5 heteroatoms. The largest absolute Gasteiger partial charge is 0.497 e. The lowest BCUT2D eigenvalue weighted by Gasteiger charge is -2.35. The third-order valence-corrected chi connectivity index (χ3v) is 7.23. The van der Waals surface area contributed by atoms with Gasteiger partial charge in [-0.15, -0.1) is 0 Å². The molecule has 0 aliphatic carbocycles. The summed E-state index contributed by atoms with van der Waals surface area (Å²) in [4.78, 5) is 13.9. The molecule has 0 amide bonds. The van der Waals surface area contributed by atoms with Crippen molar-refractivity contribution >= 4 is 5.78 Å². The first-order chi connectivity index (χ1) is 19.7. The van der Waals surface area contributed by atoms with Crippen molar-refractivity contribution in [3.63, 3.8) is 0 Å². The highest BCUT2D eigenvalue weighted by Crippen LogP contribution is 2.28. The van der Waals surface area contributed by atoms with E-state index in [1.54, 1.807) is 7.11 Å². The zero-order chi connectivity index (χ0) is 27.6. The number of hydrogen-bond donors (Lipinski definition) is 0. The fourth-order valence-electron chi connectivity index (χ4n) is 5.11. The molecule has 40 heavy (non-hydrogen) atoms. The van der Waals surface area contributed by atoms with Crippen LogP contribution in [0.15, 0.2) is 109 Å². The summed E-state index contributed by atoms with van der Waals surface area (Å²) in [6, 6.07) is 36.0. The van der Waals surface area contributed by atoms with Crippen LogP contribution in [0.3, 0.4) is 0 Å². The van der Waals surface area contributed by atoms with Crippen LogP contribution in [0.2, 0.25) is 0 Å². The molecule has 4 aromatic carbocycles. The number of rotatable bonds is 12. The van der Waals surface area contributed by atoms with Crippen LogP contribution in [0, 0.1) is 0 Å². The molecule has 1 fully saturated rings. The third-order valence-electron chi connectivity index (χ3n) is 7.23. The highest BCUT2D eigenvalue weighted by molar-refractivity contribution is 6.01. The summed E-state index contributed by atoms with van der Waals surface area (Å²) in [7, 11) is 1.66. The Bertz CT molecular complexity index is 1340. The average molecular weight is 537 g/mol. The summed E-state index contributed by atoms with van der Waals surface area (Å²) in [6.45, 7) is 1.40. The topological polar surface area (TPSA) is 54.0 Å². The van der Waals surface area contributed by atoms with Crippen molar-refractivity contribution in [2.45, 2.75) is 50.8 Å². The molecule has 0 aromatic heterocycles. The van der Waals surface area contributed by atoms with Crippen LogP contribution in [-0.4, -0.2) is 37.8 Å². The maximum atomic E-state index is 13.9. The van der Waals surface area contributed by atoms with Gasteiger partial charge in [0.1, 0.15) is 11.9 Å². The quantitative estimate of drug-likeness (QED) is 0.186. The van der Waals surface area contributed by atoms with E-state index in [2.05, 4.69) is 12.1 Å². The van der Waals surface area contributed by atoms with Crippen molar-refractivity contribution in [2.24, 2.45) is 0 Å². The molecule has 1 saturated heterocycles. The first kappa shape index (κ1) is 27.8. The van der Waals surface area contributed by atoms with Crippen LogP contribution in [0.1, 0.15) is 45.5 Å². The normalized spacial score (nSPS) is 18.8. The summed E-state index contributed by atoms with van der Waals surface area (Å²) in [5, 5.41) is 0. The molecule has 5 rings (SSSR count). The van der Waals surface area contributed by atoms with Gasteiger partial charge in [-0.05, 0) is 40.8 Å². The lowest BCUT2D eigenvalue weighted by Crippen LogP contribution is -2.43. The maximum absolute atomic E-state index is 13.9. The molecule has 0 radical (unpaired) electrons. The molecule has 3 atom stereocenters. The van der Waals surface area contributed by atoms with Gasteiger partial charge in [-0.1, -0.05) is 97.1 Å². The van der Waals surface area contributed by atoms with E-state index < -0.39 is 6.10 Å². The minimum atomic E-state index is -0.600. The zero-order valence-corrected chi connectivity index (χ0v) is 22.9. The van der Waals surface area contributed by atoms with Gasteiger partial charge in [-0.3, -0.25) is 4.79 Å². The van der Waals surface area contributed by atoms with Crippen LogP contribution in [0.4, 0.5) is 0 Å². The van der Waals surface area contributed by atoms with Crippen LogP contribution >= 0.6 is 0 Å². The standard InChI is InChI=1S/C35H36O5/c1-37-30-18-16-26(17-19-30)20-29-14-8-9-15-33(29)35(36)34-22-31(39-24-28-12-6-3-7-13-28)21-32(40-34)25-38-23-27-10-4-2-5-11-27/h2-19,31-32,34H,20-25H2,1H3/t31?,32-,34+/m0/s1. The summed E-state index contributed by atoms with van der Waals surface area (Å²) in [6.07, 6.45) is 0.895. The lowest BCUT2D eigenvalue weighted by molar-refractivity contribution is -0.127. The van der Waals surface area contributed by atoms with Gasteiger partial charge in [0.15, 0.2) is 5.78 Å². The van der Waals surface area contributed by atoms with Crippen molar-refractivity contribution in [3.8, 4) is 5.75 Å². The number of benzene rings is 4. The van der Waals surface area contributed by atoms with E-state index in [1.807, 2.05) is 97.1 Å². The Morgan fingerprint density at radius 1 is 0.750 bits per heavy atom. The fourth-order valence-corrected chi connectivity index (χ4v) is 5.11. The average Bonchev–Trinajstić information content (AvgIpc) is 3.01. The van der Waals surface area contributed by atoms with Gasteiger partial charge in [0.2, 0.25) is 0 Å². The number of Topliss-reactive ketones (excluding diaryl/α,β-unsaturated/α-hetero) is 1. The Kier molecular flexibility index (Phi) is 9.75. The van der Waals surface area contributed by atoms with Gasteiger partial charge >= 0.3 is 0 Å². The molecule has 1 aliphatic rings. The van der Waals surface area contributed by atoms with E-state index in [-0.39, 0.29) is 18.0 Å². The third kappa shape index (κ3) is 7.66. The Morgan fingerprint density at radius 3 is 2.10 bits per heavy atom. The first-order valence-electron chi connectivity index (χ1n) is 13.9. The monoisotopic (exact) mass is 536 g/mol. The van der Waals surface area contributed by atoms with Crippen LogP contribution in [0.5, 0.6) is 5.75 Å². The van der Waals surface area contributed by atoms with Crippen molar-refractivity contribution in [2.75, 3.05) is 13.7 Å². The van der Waals surface area contributed by atoms with E-state index in [4.69, 9.17) is 18.9 Å². The molecule has 1 heterocycles. The molecule has 1 aliphatic heterocycles. The lowest BCUT2D eigenvalue weighted by atomic mass is 9.91. The summed E-state index contributed by atoms with van der Waals surface area (Å²) >= 11 is 0. The first-order valence-corrected chi connectivity index (χ1v) is 13.9. The highest BCUT2D eigenvalue weighted by atomic mass is 16.5. The van der Waals surface area contributed by atoms with E-state index in [1.165, 1.54) is 0 Å². The zero-order valence-electron chi connectivity index (χ0n) is 22.9. The number of carbonyl (C=O) groups excluding carboxylic acids is 1. The van der Waals surface area contributed by atoms with Gasteiger partial charge in [-0.25, -0.2) is 0 Å². The smallest absolute Gasteiger partial charge is 0.191 e. The van der Waals surface area contributed by atoms with E-state index in [0.29, 0.717) is 44.6 Å². The Morgan fingerprint density at radius 2 is 1.40 bits per heavy atom. The maximum Gasteiger partial charge on any atom is 0.191 e.